The van der Waals surface area contributed by atoms with E-state index in [4.69, 9.17) is 25.8 Å². The van der Waals surface area contributed by atoms with Crippen LogP contribution in [0.5, 0.6) is 5.75 Å². The lowest BCUT2D eigenvalue weighted by molar-refractivity contribution is -0.373. The Morgan fingerprint density at radius 1 is 1.03 bits per heavy atom. The summed E-state index contributed by atoms with van der Waals surface area (Å²) < 4.78 is 17.3. The Bertz CT molecular complexity index is 873. The molecule has 0 radical (unpaired) electrons. The number of aliphatic hydroxyl groups is 4. The molecule has 1 heterocycles. The quantitative estimate of drug-likeness (QED) is 0.449. The fourth-order valence-corrected chi connectivity index (χ4v) is 4.04. The maximum atomic E-state index is 10.9. The Hall–Kier alpha value is -1.71. The molecular formula is C24H31ClO7. The Kier molecular flexibility index (Phi) is 8.52. The normalized spacial score (nSPS) is 28.0. The summed E-state index contributed by atoms with van der Waals surface area (Å²) in [5.74, 6) is -0.982. The van der Waals surface area contributed by atoms with Gasteiger partial charge >= 0.3 is 0 Å². The summed E-state index contributed by atoms with van der Waals surface area (Å²) in [5, 5.41) is 41.7. The van der Waals surface area contributed by atoms with Crippen LogP contribution in [0.2, 0.25) is 5.02 Å². The smallest absolute Gasteiger partial charge is 0.225 e. The van der Waals surface area contributed by atoms with Gasteiger partial charge in [0.05, 0.1) is 19.8 Å². The summed E-state index contributed by atoms with van der Waals surface area (Å²) in [6, 6.07) is 12.8. The predicted molar refractivity (Wildman–Crippen MR) is 120 cm³/mol. The molecule has 3 rings (SSSR count). The van der Waals surface area contributed by atoms with Gasteiger partial charge in [0, 0.05) is 10.6 Å². The van der Waals surface area contributed by atoms with Crippen LogP contribution in [-0.2, 0) is 21.7 Å². The van der Waals surface area contributed by atoms with Crippen LogP contribution in [0.1, 0.15) is 37.0 Å². The van der Waals surface area contributed by atoms with E-state index < -0.39 is 36.8 Å². The van der Waals surface area contributed by atoms with Gasteiger partial charge in [0.25, 0.3) is 0 Å². The second-order valence-electron chi connectivity index (χ2n) is 7.84. The van der Waals surface area contributed by atoms with E-state index in [-0.39, 0.29) is 6.61 Å². The fraction of sp³-hybridized carbons (Fsp3) is 0.500. The van der Waals surface area contributed by atoms with Crippen LogP contribution in [0.3, 0.4) is 0 Å². The summed E-state index contributed by atoms with van der Waals surface area (Å²) in [6.07, 6.45) is -4.59. The molecule has 0 amide bonds. The molecule has 0 aliphatic carbocycles. The molecule has 0 bridgehead atoms. The lowest BCUT2D eigenvalue weighted by Gasteiger charge is -2.48. The minimum Gasteiger partial charge on any atom is -0.494 e. The SMILES string of the molecule is CCCO[C@]1(c2ccc(Cl)c(Cc3ccc(OCC)cc3)c2)O[C@H](CO)[C@@H](O)[C@H](O)[C@H]1O. The molecule has 1 fully saturated rings. The van der Waals surface area contributed by atoms with Crippen molar-refractivity contribution in [2.24, 2.45) is 0 Å². The van der Waals surface area contributed by atoms with E-state index in [9.17, 15) is 20.4 Å². The second kappa shape index (κ2) is 10.9. The van der Waals surface area contributed by atoms with Crippen LogP contribution >= 0.6 is 11.6 Å². The molecule has 2 aromatic carbocycles. The van der Waals surface area contributed by atoms with E-state index in [1.165, 1.54) is 0 Å². The van der Waals surface area contributed by atoms with Crippen LogP contribution in [0.25, 0.3) is 0 Å². The van der Waals surface area contributed by atoms with Gasteiger partial charge in [-0.2, -0.15) is 0 Å². The highest BCUT2D eigenvalue weighted by molar-refractivity contribution is 6.31. The first-order chi connectivity index (χ1) is 15.4. The highest BCUT2D eigenvalue weighted by Gasteiger charge is 2.55. The molecule has 0 saturated carbocycles. The second-order valence-corrected chi connectivity index (χ2v) is 8.25. The van der Waals surface area contributed by atoms with E-state index >= 15 is 0 Å². The van der Waals surface area contributed by atoms with E-state index in [1.54, 1.807) is 18.2 Å². The lowest BCUT2D eigenvalue weighted by atomic mass is 9.87. The van der Waals surface area contributed by atoms with Gasteiger partial charge in [0.2, 0.25) is 5.79 Å². The van der Waals surface area contributed by atoms with Crippen molar-refractivity contribution in [1.82, 2.24) is 0 Å². The molecule has 1 saturated heterocycles. The van der Waals surface area contributed by atoms with Crippen LogP contribution in [-0.4, -0.2) is 64.7 Å². The Morgan fingerprint density at radius 2 is 1.75 bits per heavy atom. The number of rotatable bonds is 9. The van der Waals surface area contributed by atoms with Gasteiger partial charge in [-0.05, 0) is 55.2 Å². The number of ether oxygens (including phenoxy) is 3. The average Bonchev–Trinajstić information content (AvgIpc) is 2.80. The fourth-order valence-electron chi connectivity index (χ4n) is 3.85. The number of hydrogen-bond donors (Lipinski definition) is 4. The van der Waals surface area contributed by atoms with Crippen molar-refractivity contribution in [3.05, 3.63) is 64.2 Å². The molecule has 32 heavy (non-hydrogen) atoms. The van der Waals surface area contributed by atoms with Gasteiger partial charge < -0.3 is 34.6 Å². The molecule has 0 aromatic heterocycles. The van der Waals surface area contributed by atoms with Gasteiger partial charge in [-0.1, -0.05) is 36.7 Å². The van der Waals surface area contributed by atoms with Crippen LogP contribution < -0.4 is 4.74 Å². The van der Waals surface area contributed by atoms with Crippen molar-refractivity contribution in [2.75, 3.05) is 19.8 Å². The molecule has 8 heteroatoms. The van der Waals surface area contributed by atoms with Crippen LogP contribution in [0, 0.1) is 0 Å². The molecule has 176 valence electrons. The molecule has 7 nitrogen and oxygen atoms in total. The largest absolute Gasteiger partial charge is 0.494 e. The van der Waals surface area contributed by atoms with Gasteiger partial charge in [-0.15, -0.1) is 0 Å². The Labute approximate surface area is 193 Å². The maximum Gasteiger partial charge on any atom is 0.225 e. The van der Waals surface area contributed by atoms with E-state index in [0.717, 1.165) is 16.9 Å². The van der Waals surface area contributed by atoms with Gasteiger partial charge in [0.1, 0.15) is 30.2 Å². The zero-order valence-electron chi connectivity index (χ0n) is 18.3. The summed E-state index contributed by atoms with van der Waals surface area (Å²) in [4.78, 5) is 0. The zero-order valence-corrected chi connectivity index (χ0v) is 19.0. The molecule has 1 aliphatic rings. The molecule has 0 spiro atoms. The molecule has 0 unspecified atom stereocenters. The Balaban J connectivity index is 1.97. The summed E-state index contributed by atoms with van der Waals surface area (Å²) in [7, 11) is 0. The van der Waals surface area contributed by atoms with E-state index in [1.807, 2.05) is 38.1 Å². The van der Waals surface area contributed by atoms with Crippen LogP contribution in [0.15, 0.2) is 42.5 Å². The highest BCUT2D eigenvalue weighted by atomic mass is 35.5. The first-order valence-corrected chi connectivity index (χ1v) is 11.2. The molecular weight excluding hydrogens is 436 g/mol. The maximum absolute atomic E-state index is 10.9. The predicted octanol–water partition coefficient (Wildman–Crippen LogP) is 2.38. The number of aliphatic hydroxyl groups excluding tert-OH is 4. The minimum atomic E-state index is -1.76. The minimum absolute atomic E-state index is 0.231. The van der Waals surface area contributed by atoms with Crippen molar-refractivity contribution in [3.8, 4) is 5.75 Å². The first-order valence-electron chi connectivity index (χ1n) is 10.8. The summed E-state index contributed by atoms with van der Waals surface area (Å²) in [5.41, 5.74) is 2.21. The summed E-state index contributed by atoms with van der Waals surface area (Å²) in [6.45, 7) is 4.10. The molecule has 1 aliphatic heterocycles. The van der Waals surface area contributed by atoms with Crippen LogP contribution in [0.4, 0.5) is 0 Å². The van der Waals surface area contributed by atoms with Crippen molar-refractivity contribution < 1.29 is 34.6 Å². The van der Waals surface area contributed by atoms with Gasteiger partial charge in [-0.3, -0.25) is 0 Å². The first kappa shape index (κ1) is 24.9. The molecule has 4 N–H and O–H groups in total. The molecule has 5 atom stereocenters. The number of halogens is 1. The van der Waals surface area contributed by atoms with E-state index in [2.05, 4.69) is 0 Å². The zero-order chi connectivity index (χ0) is 23.3. The topological polar surface area (TPSA) is 109 Å². The van der Waals surface area contributed by atoms with Gasteiger partial charge in [-0.25, -0.2) is 0 Å². The van der Waals surface area contributed by atoms with Crippen molar-refractivity contribution >= 4 is 11.6 Å². The summed E-state index contributed by atoms with van der Waals surface area (Å²) >= 11 is 6.46. The number of benzene rings is 2. The standard InChI is InChI=1S/C24H31ClO7/c1-3-11-31-24(23(29)22(28)21(27)20(14-26)32-24)17-7-10-19(25)16(13-17)12-15-5-8-18(9-6-15)30-4-2/h5-10,13,20-23,26-29H,3-4,11-12,14H2,1-2H3/t20-,21-,22+,23-,24-/m1/s1. The monoisotopic (exact) mass is 466 g/mol. The van der Waals surface area contributed by atoms with Crippen molar-refractivity contribution in [3.63, 3.8) is 0 Å². The van der Waals surface area contributed by atoms with Gasteiger partial charge in [0.15, 0.2) is 0 Å². The average molecular weight is 467 g/mol. The van der Waals surface area contributed by atoms with E-state index in [0.29, 0.717) is 30.0 Å². The molecule has 2 aromatic rings. The lowest BCUT2D eigenvalue weighted by Crippen LogP contribution is -2.64. The highest BCUT2D eigenvalue weighted by Crippen LogP contribution is 2.41. The third-order valence-electron chi connectivity index (χ3n) is 5.55. The third-order valence-corrected chi connectivity index (χ3v) is 5.92. The Morgan fingerprint density at radius 3 is 2.38 bits per heavy atom. The van der Waals surface area contributed by atoms with Crippen molar-refractivity contribution in [1.29, 1.82) is 0 Å². The third kappa shape index (κ3) is 5.10. The van der Waals surface area contributed by atoms with Crippen molar-refractivity contribution in [2.45, 2.75) is 56.9 Å². The number of hydrogen-bond acceptors (Lipinski definition) is 7.